The molecule has 1 heterocycles. The molecule has 0 spiro atoms. The molecule has 0 aliphatic heterocycles. The Balaban J connectivity index is 2.01. The van der Waals surface area contributed by atoms with Crippen molar-refractivity contribution < 1.29 is 9.90 Å². The standard InChI is InChI=1S/C14H15N3O3/c18-9-11(6-10-4-2-1-3-5-10)17-14(20)12-7-16-13(19)8-15-12/h1-5,7-8,11,18H,6,9H2,(H,16,19)(H,17,20). The second-order valence-corrected chi connectivity index (χ2v) is 4.34. The number of amides is 1. The molecule has 1 aromatic heterocycles. The number of nitrogens with zero attached hydrogens (tertiary/aromatic N) is 1. The number of aromatic nitrogens is 2. The Bertz CT molecular complexity index is 605. The topological polar surface area (TPSA) is 95.1 Å². The van der Waals surface area contributed by atoms with Gasteiger partial charge >= 0.3 is 0 Å². The molecule has 2 aromatic rings. The van der Waals surface area contributed by atoms with Crippen molar-refractivity contribution in [2.45, 2.75) is 12.5 Å². The van der Waals surface area contributed by atoms with Crippen LogP contribution in [0.2, 0.25) is 0 Å². The molecular formula is C14H15N3O3. The molecule has 20 heavy (non-hydrogen) atoms. The number of aliphatic hydroxyl groups is 1. The van der Waals surface area contributed by atoms with E-state index in [1.54, 1.807) is 0 Å². The fourth-order valence-corrected chi connectivity index (χ4v) is 1.79. The smallest absolute Gasteiger partial charge is 0.271 e. The molecule has 0 bridgehead atoms. The maximum absolute atomic E-state index is 11.9. The van der Waals surface area contributed by atoms with E-state index in [0.717, 1.165) is 11.8 Å². The summed E-state index contributed by atoms with van der Waals surface area (Å²) in [5.41, 5.74) is 0.752. The van der Waals surface area contributed by atoms with Crippen LogP contribution in [0.1, 0.15) is 16.1 Å². The number of H-pyrrole nitrogens is 1. The van der Waals surface area contributed by atoms with Crippen LogP contribution >= 0.6 is 0 Å². The van der Waals surface area contributed by atoms with Crippen molar-refractivity contribution in [3.05, 3.63) is 64.3 Å². The maximum Gasteiger partial charge on any atom is 0.271 e. The van der Waals surface area contributed by atoms with Gasteiger partial charge in [0.2, 0.25) is 0 Å². The first-order valence-corrected chi connectivity index (χ1v) is 6.19. The van der Waals surface area contributed by atoms with E-state index in [4.69, 9.17) is 0 Å². The normalized spacial score (nSPS) is 11.8. The zero-order chi connectivity index (χ0) is 14.4. The monoisotopic (exact) mass is 273 g/mol. The molecule has 104 valence electrons. The van der Waals surface area contributed by atoms with Gasteiger partial charge in [-0.1, -0.05) is 30.3 Å². The zero-order valence-corrected chi connectivity index (χ0v) is 10.7. The van der Waals surface area contributed by atoms with Gasteiger partial charge in [-0.05, 0) is 12.0 Å². The second-order valence-electron chi connectivity index (χ2n) is 4.34. The van der Waals surface area contributed by atoms with Crippen LogP contribution in [0.4, 0.5) is 0 Å². The average molecular weight is 273 g/mol. The van der Waals surface area contributed by atoms with Crippen LogP contribution in [0.25, 0.3) is 0 Å². The van der Waals surface area contributed by atoms with Gasteiger partial charge in [0.15, 0.2) is 0 Å². The molecule has 1 aromatic carbocycles. The van der Waals surface area contributed by atoms with E-state index in [2.05, 4.69) is 15.3 Å². The Kier molecular flexibility index (Phi) is 4.62. The molecule has 1 amide bonds. The highest BCUT2D eigenvalue weighted by molar-refractivity contribution is 5.92. The fraction of sp³-hybridized carbons (Fsp3) is 0.214. The molecule has 1 unspecified atom stereocenters. The summed E-state index contributed by atoms with van der Waals surface area (Å²) in [6.07, 6.45) is 2.81. The van der Waals surface area contributed by atoms with Crippen molar-refractivity contribution in [1.82, 2.24) is 15.3 Å². The van der Waals surface area contributed by atoms with Crippen LogP contribution in [0.5, 0.6) is 0 Å². The number of carbonyl (C=O) groups is 1. The molecule has 2 rings (SSSR count). The van der Waals surface area contributed by atoms with Gasteiger partial charge in [0.1, 0.15) is 5.69 Å². The number of aliphatic hydroxyl groups excluding tert-OH is 1. The molecule has 3 N–H and O–H groups in total. The van der Waals surface area contributed by atoms with Crippen LogP contribution in [-0.4, -0.2) is 33.6 Å². The lowest BCUT2D eigenvalue weighted by molar-refractivity contribution is 0.0911. The van der Waals surface area contributed by atoms with Crippen LogP contribution in [0, 0.1) is 0 Å². The minimum Gasteiger partial charge on any atom is -0.394 e. The van der Waals surface area contributed by atoms with Crippen LogP contribution in [-0.2, 0) is 6.42 Å². The largest absolute Gasteiger partial charge is 0.394 e. The van der Waals surface area contributed by atoms with E-state index in [9.17, 15) is 14.7 Å². The van der Waals surface area contributed by atoms with Crippen molar-refractivity contribution in [3.63, 3.8) is 0 Å². The molecule has 0 aliphatic carbocycles. The molecule has 0 saturated carbocycles. The van der Waals surface area contributed by atoms with E-state index >= 15 is 0 Å². The summed E-state index contributed by atoms with van der Waals surface area (Å²) in [5, 5.41) is 12.0. The van der Waals surface area contributed by atoms with Crippen LogP contribution < -0.4 is 10.9 Å². The quantitative estimate of drug-likeness (QED) is 0.720. The van der Waals surface area contributed by atoms with E-state index < -0.39 is 11.9 Å². The summed E-state index contributed by atoms with van der Waals surface area (Å²) in [6.45, 7) is -0.177. The summed E-state index contributed by atoms with van der Waals surface area (Å²) in [7, 11) is 0. The van der Waals surface area contributed by atoms with E-state index in [-0.39, 0.29) is 17.9 Å². The summed E-state index contributed by atoms with van der Waals surface area (Å²) in [4.78, 5) is 28.9. The lowest BCUT2D eigenvalue weighted by Gasteiger charge is -2.16. The minimum absolute atomic E-state index is 0.108. The van der Waals surface area contributed by atoms with Gasteiger partial charge in [0.25, 0.3) is 11.5 Å². The third-order valence-corrected chi connectivity index (χ3v) is 2.79. The van der Waals surface area contributed by atoms with Crippen LogP contribution in [0.3, 0.4) is 0 Å². The molecule has 0 saturated heterocycles. The first-order chi connectivity index (χ1) is 9.69. The maximum atomic E-state index is 11.9. The summed E-state index contributed by atoms with van der Waals surface area (Å²) >= 11 is 0. The molecule has 0 aliphatic rings. The fourth-order valence-electron chi connectivity index (χ4n) is 1.79. The number of nitrogens with one attached hydrogen (secondary N) is 2. The van der Waals surface area contributed by atoms with Gasteiger partial charge in [-0.25, -0.2) is 4.98 Å². The number of benzene rings is 1. The predicted molar refractivity (Wildman–Crippen MR) is 73.3 cm³/mol. The highest BCUT2D eigenvalue weighted by Gasteiger charge is 2.14. The molecule has 6 heteroatoms. The Morgan fingerprint density at radius 2 is 2.10 bits per heavy atom. The number of aromatic amines is 1. The Labute approximate surface area is 115 Å². The van der Waals surface area contributed by atoms with Crippen molar-refractivity contribution in [2.75, 3.05) is 6.61 Å². The highest BCUT2D eigenvalue weighted by atomic mass is 16.3. The first kappa shape index (κ1) is 14.0. The minimum atomic E-state index is -0.434. The van der Waals surface area contributed by atoms with Crippen molar-refractivity contribution in [2.24, 2.45) is 0 Å². The molecule has 1 atom stereocenters. The highest BCUT2D eigenvalue weighted by Crippen LogP contribution is 2.03. The van der Waals surface area contributed by atoms with Gasteiger partial charge in [0, 0.05) is 6.20 Å². The number of rotatable bonds is 5. The Morgan fingerprint density at radius 1 is 1.35 bits per heavy atom. The lowest BCUT2D eigenvalue weighted by atomic mass is 10.1. The van der Waals surface area contributed by atoms with Crippen molar-refractivity contribution in [3.8, 4) is 0 Å². The lowest BCUT2D eigenvalue weighted by Crippen LogP contribution is -2.39. The Morgan fingerprint density at radius 3 is 2.70 bits per heavy atom. The molecular weight excluding hydrogens is 258 g/mol. The van der Waals surface area contributed by atoms with Gasteiger partial charge in [-0.15, -0.1) is 0 Å². The molecule has 0 radical (unpaired) electrons. The number of hydrogen-bond donors (Lipinski definition) is 3. The van der Waals surface area contributed by atoms with Gasteiger partial charge in [-0.2, -0.15) is 0 Å². The van der Waals surface area contributed by atoms with E-state index in [1.165, 1.54) is 6.20 Å². The van der Waals surface area contributed by atoms with Gasteiger partial charge in [0.05, 0.1) is 18.8 Å². The van der Waals surface area contributed by atoms with Crippen molar-refractivity contribution >= 4 is 5.91 Å². The third kappa shape index (κ3) is 3.76. The van der Waals surface area contributed by atoms with Crippen LogP contribution in [0.15, 0.2) is 47.5 Å². The van der Waals surface area contributed by atoms with E-state index in [1.807, 2.05) is 30.3 Å². The number of carbonyl (C=O) groups excluding carboxylic acids is 1. The summed E-state index contributed by atoms with van der Waals surface area (Å²) < 4.78 is 0. The first-order valence-electron chi connectivity index (χ1n) is 6.19. The number of hydrogen-bond acceptors (Lipinski definition) is 4. The third-order valence-electron chi connectivity index (χ3n) is 2.79. The summed E-state index contributed by atoms with van der Waals surface area (Å²) in [5.74, 6) is -0.434. The SMILES string of the molecule is O=C(NC(CO)Cc1ccccc1)c1c[nH]c(=O)cn1. The van der Waals surface area contributed by atoms with Crippen molar-refractivity contribution in [1.29, 1.82) is 0 Å². The molecule has 6 nitrogen and oxygen atoms in total. The Hall–Kier alpha value is -2.47. The molecule has 0 fully saturated rings. The predicted octanol–water partition coefficient (Wildman–Crippen LogP) is 0.103. The summed E-state index contributed by atoms with van der Waals surface area (Å²) in [6, 6.07) is 9.14. The van der Waals surface area contributed by atoms with Gasteiger partial charge < -0.3 is 15.4 Å². The second kappa shape index (κ2) is 6.63. The van der Waals surface area contributed by atoms with Gasteiger partial charge in [-0.3, -0.25) is 9.59 Å². The average Bonchev–Trinajstić information content (AvgIpc) is 2.48. The zero-order valence-electron chi connectivity index (χ0n) is 10.7. The van der Waals surface area contributed by atoms with E-state index in [0.29, 0.717) is 6.42 Å².